The Kier molecular flexibility index (Phi) is 4.70. The highest BCUT2D eigenvalue weighted by Gasteiger charge is 2.06. The van der Waals surface area contributed by atoms with Crippen LogP contribution in [-0.2, 0) is 9.53 Å². The Hall–Kier alpha value is -1.35. The molecular formula is C13H16ClNO2. The first-order valence-electron chi connectivity index (χ1n) is 5.31. The van der Waals surface area contributed by atoms with E-state index in [1.165, 1.54) is 7.11 Å². The molecule has 92 valence electrons. The number of nitrogens with zero attached hydrogens (tertiary/aromatic N) is 1. The van der Waals surface area contributed by atoms with Gasteiger partial charge in [-0.3, -0.25) is 9.79 Å². The maximum atomic E-state index is 11.1. The van der Waals surface area contributed by atoms with Crippen LogP contribution in [0.1, 0.15) is 24.5 Å². The molecule has 0 aliphatic heterocycles. The average Bonchev–Trinajstić information content (AvgIpc) is 2.23. The van der Waals surface area contributed by atoms with Crippen molar-refractivity contribution in [3.8, 4) is 0 Å². The minimum absolute atomic E-state index is 0.206. The van der Waals surface area contributed by atoms with E-state index in [1.54, 1.807) is 0 Å². The van der Waals surface area contributed by atoms with Crippen molar-refractivity contribution in [1.29, 1.82) is 0 Å². The molecule has 0 atom stereocenters. The average molecular weight is 254 g/mol. The SMILES string of the molecule is COC(=O)CC(C)=Nc1c(C)cc(Cl)cc1C. The lowest BCUT2D eigenvalue weighted by Crippen LogP contribution is -2.06. The van der Waals surface area contributed by atoms with Gasteiger partial charge in [-0.05, 0) is 44.0 Å². The number of hydrogen-bond donors (Lipinski definition) is 0. The van der Waals surface area contributed by atoms with Crippen molar-refractivity contribution in [2.45, 2.75) is 27.2 Å². The molecule has 0 unspecified atom stereocenters. The molecule has 0 aliphatic carbocycles. The largest absolute Gasteiger partial charge is 0.469 e. The number of esters is 1. The van der Waals surface area contributed by atoms with E-state index in [4.69, 9.17) is 11.6 Å². The van der Waals surface area contributed by atoms with E-state index in [2.05, 4.69) is 9.73 Å². The number of aryl methyl sites for hydroxylation is 2. The number of benzene rings is 1. The molecule has 0 aliphatic rings. The zero-order valence-electron chi connectivity index (χ0n) is 10.5. The van der Waals surface area contributed by atoms with Crippen LogP contribution in [-0.4, -0.2) is 18.8 Å². The van der Waals surface area contributed by atoms with Crippen molar-refractivity contribution in [1.82, 2.24) is 0 Å². The summed E-state index contributed by atoms with van der Waals surface area (Å²) >= 11 is 5.94. The first kappa shape index (κ1) is 13.7. The Morgan fingerprint density at radius 1 is 1.35 bits per heavy atom. The van der Waals surface area contributed by atoms with E-state index in [1.807, 2.05) is 32.9 Å². The maximum Gasteiger partial charge on any atom is 0.311 e. The lowest BCUT2D eigenvalue weighted by molar-refractivity contribution is -0.139. The van der Waals surface area contributed by atoms with Gasteiger partial charge in [-0.15, -0.1) is 0 Å². The number of halogens is 1. The molecule has 0 radical (unpaired) electrons. The molecule has 1 rings (SSSR count). The Morgan fingerprint density at radius 2 is 1.88 bits per heavy atom. The van der Waals surface area contributed by atoms with E-state index in [-0.39, 0.29) is 12.4 Å². The van der Waals surface area contributed by atoms with Crippen molar-refractivity contribution in [3.05, 3.63) is 28.3 Å². The molecule has 0 saturated carbocycles. The topological polar surface area (TPSA) is 38.7 Å². The zero-order valence-corrected chi connectivity index (χ0v) is 11.3. The second kappa shape index (κ2) is 5.82. The van der Waals surface area contributed by atoms with Crippen LogP contribution in [0.3, 0.4) is 0 Å². The number of aliphatic imine (C=N–C) groups is 1. The molecule has 1 aromatic carbocycles. The van der Waals surface area contributed by atoms with E-state index in [0.717, 1.165) is 22.5 Å². The van der Waals surface area contributed by atoms with E-state index >= 15 is 0 Å². The first-order valence-corrected chi connectivity index (χ1v) is 5.69. The van der Waals surface area contributed by atoms with Crippen LogP contribution >= 0.6 is 11.6 Å². The van der Waals surface area contributed by atoms with Gasteiger partial charge in [0.1, 0.15) is 0 Å². The van der Waals surface area contributed by atoms with Crippen molar-refractivity contribution < 1.29 is 9.53 Å². The highest BCUT2D eigenvalue weighted by atomic mass is 35.5. The predicted molar refractivity (Wildman–Crippen MR) is 70.3 cm³/mol. The summed E-state index contributed by atoms with van der Waals surface area (Å²) in [5.74, 6) is -0.282. The molecular weight excluding hydrogens is 238 g/mol. The van der Waals surface area contributed by atoms with Gasteiger partial charge >= 0.3 is 5.97 Å². The van der Waals surface area contributed by atoms with Crippen LogP contribution < -0.4 is 0 Å². The smallest absolute Gasteiger partial charge is 0.311 e. The molecule has 0 amide bonds. The van der Waals surface area contributed by atoms with Crippen LogP contribution in [0.15, 0.2) is 17.1 Å². The van der Waals surface area contributed by atoms with Gasteiger partial charge in [-0.2, -0.15) is 0 Å². The molecule has 1 aromatic rings. The number of ether oxygens (including phenoxy) is 1. The zero-order chi connectivity index (χ0) is 13.0. The van der Waals surface area contributed by atoms with Crippen LogP contribution in [0.4, 0.5) is 5.69 Å². The summed E-state index contributed by atoms with van der Waals surface area (Å²) in [4.78, 5) is 15.6. The molecule has 4 heteroatoms. The normalized spacial score (nSPS) is 11.5. The van der Waals surface area contributed by atoms with Gasteiger partial charge in [-0.1, -0.05) is 11.6 Å². The molecule has 0 heterocycles. The Labute approximate surface area is 106 Å². The van der Waals surface area contributed by atoms with Crippen LogP contribution in [0.2, 0.25) is 5.02 Å². The van der Waals surface area contributed by atoms with Crippen molar-refractivity contribution in [3.63, 3.8) is 0 Å². The summed E-state index contributed by atoms with van der Waals surface area (Å²) in [6, 6.07) is 3.72. The second-order valence-corrected chi connectivity index (χ2v) is 4.42. The Morgan fingerprint density at radius 3 is 2.35 bits per heavy atom. The van der Waals surface area contributed by atoms with Gasteiger partial charge in [0.05, 0.1) is 19.2 Å². The molecule has 0 saturated heterocycles. The molecule has 0 N–H and O–H groups in total. The standard InChI is InChI=1S/C13H16ClNO2/c1-8-5-11(14)6-9(2)13(8)15-10(3)7-12(16)17-4/h5-6H,7H2,1-4H3. The van der Waals surface area contributed by atoms with Gasteiger partial charge in [0.15, 0.2) is 0 Å². The summed E-state index contributed by atoms with van der Waals surface area (Å²) in [6.07, 6.45) is 0.206. The monoisotopic (exact) mass is 253 g/mol. The van der Waals surface area contributed by atoms with E-state index in [0.29, 0.717) is 5.02 Å². The predicted octanol–water partition coefficient (Wildman–Crippen LogP) is 3.61. The number of carbonyl (C=O) groups is 1. The number of methoxy groups -OCH3 is 1. The van der Waals surface area contributed by atoms with Gasteiger partial charge in [0, 0.05) is 10.7 Å². The van der Waals surface area contributed by atoms with E-state index in [9.17, 15) is 4.79 Å². The van der Waals surface area contributed by atoms with Crippen LogP contribution in [0.5, 0.6) is 0 Å². The minimum Gasteiger partial charge on any atom is -0.469 e. The van der Waals surface area contributed by atoms with Crippen molar-refractivity contribution >= 4 is 29.0 Å². The number of hydrogen-bond acceptors (Lipinski definition) is 3. The summed E-state index contributed by atoms with van der Waals surface area (Å²) in [6.45, 7) is 5.71. The fourth-order valence-electron chi connectivity index (χ4n) is 1.59. The lowest BCUT2D eigenvalue weighted by atomic mass is 10.1. The van der Waals surface area contributed by atoms with Gasteiger partial charge in [0.25, 0.3) is 0 Å². The van der Waals surface area contributed by atoms with Crippen molar-refractivity contribution in [2.24, 2.45) is 4.99 Å². The van der Waals surface area contributed by atoms with Crippen LogP contribution in [0.25, 0.3) is 0 Å². The molecule has 3 nitrogen and oxygen atoms in total. The quantitative estimate of drug-likeness (QED) is 0.610. The number of carbonyl (C=O) groups excluding carboxylic acids is 1. The fourth-order valence-corrected chi connectivity index (χ4v) is 1.92. The summed E-state index contributed by atoms with van der Waals surface area (Å²) in [5.41, 5.74) is 3.60. The molecule has 0 bridgehead atoms. The molecule has 0 aromatic heterocycles. The summed E-state index contributed by atoms with van der Waals surface area (Å²) in [7, 11) is 1.37. The highest BCUT2D eigenvalue weighted by molar-refractivity contribution is 6.30. The minimum atomic E-state index is -0.282. The van der Waals surface area contributed by atoms with Crippen molar-refractivity contribution in [2.75, 3.05) is 7.11 Å². The first-order chi connectivity index (χ1) is 7.93. The third kappa shape index (κ3) is 3.86. The van der Waals surface area contributed by atoms with Gasteiger partial charge in [-0.25, -0.2) is 0 Å². The number of rotatable bonds is 3. The lowest BCUT2D eigenvalue weighted by Gasteiger charge is -2.07. The van der Waals surface area contributed by atoms with Crippen LogP contribution in [0, 0.1) is 13.8 Å². The second-order valence-electron chi connectivity index (χ2n) is 3.99. The summed E-state index contributed by atoms with van der Waals surface area (Å²) in [5, 5.41) is 0.699. The van der Waals surface area contributed by atoms with Gasteiger partial charge in [0.2, 0.25) is 0 Å². The Bertz CT molecular complexity index is 443. The highest BCUT2D eigenvalue weighted by Crippen LogP contribution is 2.27. The van der Waals surface area contributed by atoms with Gasteiger partial charge < -0.3 is 4.74 Å². The maximum absolute atomic E-state index is 11.1. The Balaban J connectivity index is 3.01. The summed E-state index contributed by atoms with van der Waals surface area (Å²) < 4.78 is 4.60. The fraction of sp³-hybridized carbons (Fsp3) is 0.385. The third-order valence-electron chi connectivity index (χ3n) is 2.39. The molecule has 0 spiro atoms. The molecule has 17 heavy (non-hydrogen) atoms. The van der Waals surface area contributed by atoms with E-state index < -0.39 is 0 Å². The third-order valence-corrected chi connectivity index (χ3v) is 2.60. The molecule has 0 fully saturated rings.